The first-order chi connectivity index (χ1) is 14.6. The predicted molar refractivity (Wildman–Crippen MR) is 120 cm³/mol. The molecule has 31 heavy (non-hydrogen) atoms. The summed E-state index contributed by atoms with van der Waals surface area (Å²) in [6.45, 7) is -0.379. The van der Waals surface area contributed by atoms with Crippen LogP contribution in [0.25, 0.3) is 0 Å². The van der Waals surface area contributed by atoms with Crippen LogP contribution in [0.3, 0.4) is 0 Å². The number of carbonyl (C=O) groups is 3. The molecule has 0 aliphatic carbocycles. The Kier molecular flexibility index (Phi) is 8.49. The summed E-state index contributed by atoms with van der Waals surface area (Å²) in [5, 5.41) is 13.9. The number of aryl methyl sites for hydroxylation is 1. The van der Waals surface area contributed by atoms with Crippen molar-refractivity contribution < 1.29 is 19.5 Å². The van der Waals surface area contributed by atoms with E-state index in [0.717, 1.165) is 0 Å². The number of guanidine groups is 1. The maximum Gasteiger partial charge on any atom is 0.303 e. The molecule has 0 aromatic heterocycles. The molecule has 2 aromatic rings. The number of nitrogens with one attached hydrogen (secondary N) is 2. The summed E-state index contributed by atoms with van der Waals surface area (Å²) >= 11 is 18.5. The summed E-state index contributed by atoms with van der Waals surface area (Å²) in [5.74, 6) is -2.28. The topological polar surface area (TPSA) is 160 Å². The standard InChI is InChI=1S/C19H18Cl3N5O4/c20-12-7-9(4-5-14(29)30)15(21)16(22)17(12)27-13(28)8-25-18(31)10-2-1-3-11(6-10)26-19(23)24/h1-3,6-7H,4-5,8H2,(H,25,31)(H,27,28)(H,29,30)(H4,23,24,26). The average Bonchev–Trinajstić information content (AvgIpc) is 2.70. The first kappa shape index (κ1) is 24.3. The van der Waals surface area contributed by atoms with E-state index in [4.69, 9.17) is 51.4 Å². The summed E-state index contributed by atoms with van der Waals surface area (Å²) < 4.78 is 0. The van der Waals surface area contributed by atoms with Crippen LogP contribution in [-0.2, 0) is 16.0 Å². The zero-order chi connectivity index (χ0) is 23.1. The van der Waals surface area contributed by atoms with Gasteiger partial charge in [-0.15, -0.1) is 0 Å². The van der Waals surface area contributed by atoms with Gasteiger partial charge in [0.2, 0.25) is 5.91 Å². The van der Waals surface area contributed by atoms with E-state index in [1.807, 2.05) is 0 Å². The first-order valence-corrected chi connectivity index (χ1v) is 9.87. The minimum atomic E-state index is -1.000. The molecule has 7 N–H and O–H groups in total. The fraction of sp³-hybridized carbons (Fsp3) is 0.158. The number of carboxylic acid groups (broad SMARTS) is 1. The highest BCUT2D eigenvalue weighted by Crippen LogP contribution is 2.39. The number of nitrogens with two attached hydrogens (primary N) is 2. The molecular weight excluding hydrogens is 469 g/mol. The van der Waals surface area contributed by atoms with Crippen LogP contribution in [0.1, 0.15) is 22.3 Å². The van der Waals surface area contributed by atoms with Crippen molar-refractivity contribution in [3.8, 4) is 0 Å². The molecule has 0 atom stereocenters. The molecule has 0 saturated heterocycles. The Morgan fingerprint density at radius 1 is 1.06 bits per heavy atom. The Morgan fingerprint density at radius 3 is 2.42 bits per heavy atom. The zero-order valence-electron chi connectivity index (χ0n) is 15.9. The SMILES string of the molecule is NC(N)=Nc1cccc(C(=O)NCC(=O)Nc2c(Cl)cc(CCC(=O)O)c(Cl)c2Cl)c1. The molecule has 0 radical (unpaired) electrons. The van der Waals surface area contributed by atoms with E-state index in [-0.39, 0.29) is 51.7 Å². The van der Waals surface area contributed by atoms with Crippen LogP contribution in [0, 0.1) is 0 Å². The summed E-state index contributed by atoms with van der Waals surface area (Å²) in [6.07, 6.45) is -0.0364. The second-order valence-corrected chi connectivity index (χ2v) is 7.40. The molecule has 2 rings (SSSR count). The summed E-state index contributed by atoms with van der Waals surface area (Å²) in [5.41, 5.74) is 11.8. The minimum Gasteiger partial charge on any atom is -0.481 e. The van der Waals surface area contributed by atoms with E-state index < -0.39 is 17.8 Å². The van der Waals surface area contributed by atoms with Crippen molar-refractivity contribution in [1.82, 2.24) is 5.32 Å². The second kappa shape index (κ2) is 10.9. The van der Waals surface area contributed by atoms with Gasteiger partial charge in [-0.3, -0.25) is 14.4 Å². The molecule has 12 heteroatoms. The molecule has 0 aliphatic heterocycles. The highest BCUT2D eigenvalue weighted by Gasteiger charge is 2.18. The Labute approximate surface area is 192 Å². The number of carboxylic acids is 1. The van der Waals surface area contributed by atoms with Gasteiger partial charge in [0.1, 0.15) is 0 Å². The number of aliphatic imine (C=N–C) groups is 1. The lowest BCUT2D eigenvalue weighted by Gasteiger charge is -2.14. The van der Waals surface area contributed by atoms with Gasteiger partial charge in [0.05, 0.1) is 33.0 Å². The summed E-state index contributed by atoms with van der Waals surface area (Å²) in [6, 6.07) is 7.61. The van der Waals surface area contributed by atoms with Crippen LogP contribution in [0.2, 0.25) is 15.1 Å². The minimum absolute atomic E-state index is 0.0285. The molecular formula is C19H18Cl3N5O4. The smallest absolute Gasteiger partial charge is 0.303 e. The van der Waals surface area contributed by atoms with Crippen molar-refractivity contribution in [2.45, 2.75) is 12.8 Å². The Morgan fingerprint density at radius 2 is 1.77 bits per heavy atom. The number of rotatable bonds is 8. The van der Waals surface area contributed by atoms with Crippen LogP contribution in [0.4, 0.5) is 11.4 Å². The number of halogens is 3. The van der Waals surface area contributed by atoms with Gasteiger partial charge in [0.25, 0.3) is 5.91 Å². The molecule has 0 saturated carbocycles. The predicted octanol–water partition coefficient (Wildman–Crippen LogP) is 2.94. The van der Waals surface area contributed by atoms with Crippen molar-refractivity contribution in [1.29, 1.82) is 0 Å². The Bertz CT molecular complexity index is 1060. The van der Waals surface area contributed by atoms with Crippen molar-refractivity contribution in [3.05, 3.63) is 56.5 Å². The van der Waals surface area contributed by atoms with Gasteiger partial charge in [-0.1, -0.05) is 40.9 Å². The van der Waals surface area contributed by atoms with Crippen LogP contribution in [0.5, 0.6) is 0 Å². The average molecular weight is 487 g/mol. The molecule has 0 unspecified atom stereocenters. The molecule has 2 amide bonds. The van der Waals surface area contributed by atoms with E-state index in [1.165, 1.54) is 18.2 Å². The lowest BCUT2D eigenvalue weighted by molar-refractivity contribution is -0.137. The zero-order valence-corrected chi connectivity index (χ0v) is 18.2. The molecule has 164 valence electrons. The maximum atomic E-state index is 12.3. The normalized spacial score (nSPS) is 10.3. The highest BCUT2D eigenvalue weighted by molar-refractivity contribution is 6.47. The fourth-order valence-electron chi connectivity index (χ4n) is 2.49. The number of hydrogen-bond acceptors (Lipinski definition) is 4. The number of hydrogen-bond donors (Lipinski definition) is 5. The van der Waals surface area contributed by atoms with Crippen molar-refractivity contribution >= 4 is 69.9 Å². The van der Waals surface area contributed by atoms with Crippen molar-refractivity contribution in [2.24, 2.45) is 16.5 Å². The molecule has 0 spiro atoms. The molecule has 0 bridgehead atoms. The third kappa shape index (κ3) is 7.02. The lowest BCUT2D eigenvalue weighted by atomic mass is 10.1. The van der Waals surface area contributed by atoms with E-state index in [0.29, 0.717) is 11.3 Å². The van der Waals surface area contributed by atoms with Gasteiger partial charge in [0, 0.05) is 12.0 Å². The van der Waals surface area contributed by atoms with Crippen LogP contribution in [-0.4, -0.2) is 35.4 Å². The third-order valence-electron chi connectivity index (χ3n) is 3.88. The van der Waals surface area contributed by atoms with Gasteiger partial charge in [-0.05, 0) is 36.2 Å². The third-order valence-corrected chi connectivity index (χ3v) is 5.09. The maximum absolute atomic E-state index is 12.3. The van der Waals surface area contributed by atoms with Crippen LogP contribution >= 0.6 is 34.8 Å². The Hall–Kier alpha value is -3.01. The lowest BCUT2D eigenvalue weighted by Crippen LogP contribution is -2.33. The van der Waals surface area contributed by atoms with Crippen LogP contribution in [0.15, 0.2) is 35.3 Å². The number of benzene rings is 2. The number of amides is 2. The van der Waals surface area contributed by atoms with Gasteiger partial charge in [0.15, 0.2) is 5.96 Å². The van der Waals surface area contributed by atoms with Gasteiger partial charge < -0.3 is 27.2 Å². The van der Waals surface area contributed by atoms with Gasteiger partial charge >= 0.3 is 5.97 Å². The van der Waals surface area contributed by atoms with Gasteiger partial charge in [-0.25, -0.2) is 4.99 Å². The molecule has 2 aromatic carbocycles. The van der Waals surface area contributed by atoms with Gasteiger partial charge in [-0.2, -0.15) is 0 Å². The van der Waals surface area contributed by atoms with E-state index in [1.54, 1.807) is 12.1 Å². The van der Waals surface area contributed by atoms with Crippen molar-refractivity contribution in [2.75, 3.05) is 11.9 Å². The fourth-order valence-corrected chi connectivity index (χ4v) is 3.33. The van der Waals surface area contributed by atoms with Crippen molar-refractivity contribution in [3.63, 3.8) is 0 Å². The number of nitrogens with zero attached hydrogens (tertiary/aromatic N) is 1. The molecule has 9 nitrogen and oxygen atoms in total. The van der Waals surface area contributed by atoms with E-state index in [9.17, 15) is 14.4 Å². The molecule has 0 heterocycles. The van der Waals surface area contributed by atoms with Crippen LogP contribution < -0.4 is 22.1 Å². The monoisotopic (exact) mass is 485 g/mol. The molecule has 0 fully saturated rings. The molecule has 0 aliphatic rings. The number of aliphatic carboxylic acids is 1. The Balaban J connectivity index is 2.04. The highest BCUT2D eigenvalue weighted by atomic mass is 35.5. The quantitative estimate of drug-likeness (QED) is 0.219. The summed E-state index contributed by atoms with van der Waals surface area (Å²) in [7, 11) is 0. The largest absolute Gasteiger partial charge is 0.481 e. The number of carbonyl (C=O) groups excluding carboxylic acids is 2. The summed E-state index contributed by atoms with van der Waals surface area (Å²) in [4.78, 5) is 39.1. The first-order valence-electron chi connectivity index (χ1n) is 8.74. The number of anilines is 1. The second-order valence-electron chi connectivity index (χ2n) is 6.23. The van der Waals surface area contributed by atoms with E-state index >= 15 is 0 Å². The van der Waals surface area contributed by atoms with E-state index in [2.05, 4.69) is 15.6 Å².